The van der Waals surface area contributed by atoms with Gasteiger partial charge in [0.15, 0.2) is 5.76 Å². The Hall–Kier alpha value is -4.74. The van der Waals surface area contributed by atoms with E-state index in [4.69, 9.17) is 15.3 Å². The van der Waals surface area contributed by atoms with Gasteiger partial charge in [0.1, 0.15) is 18.0 Å². The molecular formula is C27H22N4O6S. The van der Waals surface area contributed by atoms with Crippen LogP contribution in [0, 0.1) is 0 Å². The summed E-state index contributed by atoms with van der Waals surface area (Å²) in [6, 6.07) is 21.0. The van der Waals surface area contributed by atoms with Crippen molar-refractivity contribution in [3.05, 3.63) is 103 Å². The molecule has 0 aliphatic carbocycles. The Labute approximate surface area is 217 Å². The van der Waals surface area contributed by atoms with Crippen molar-refractivity contribution >= 4 is 38.6 Å². The molecule has 1 amide bonds. The molecule has 38 heavy (non-hydrogen) atoms. The fourth-order valence-corrected chi connectivity index (χ4v) is 5.37. The lowest BCUT2D eigenvalue weighted by Gasteiger charge is -2.15. The van der Waals surface area contributed by atoms with Gasteiger partial charge in [-0.2, -0.15) is 0 Å². The van der Waals surface area contributed by atoms with Crippen LogP contribution in [-0.4, -0.2) is 40.4 Å². The van der Waals surface area contributed by atoms with Crippen molar-refractivity contribution in [1.29, 1.82) is 0 Å². The first kappa shape index (κ1) is 24.9. The number of aliphatic carboxylic acids is 1. The van der Waals surface area contributed by atoms with Crippen molar-refractivity contribution in [3.8, 4) is 11.1 Å². The Morgan fingerprint density at radius 1 is 1.03 bits per heavy atom. The van der Waals surface area contributed by atoms with Crippen LogP contribution in [0.3, 0.4) is 0 Å². The van der Waals surface area contributed by atoms with Gasteiger partial charge < -0.3 is 20.6 Å². The molecule has 11 heteroatoms. The van der Waals surface area contributed by atoms with E-state index in [1.165, 1.54) is 18.3 Å². The highest BCUT2D eigenvalue weighted by Crippen LogP contribution is 2.32. The number of rotatable bonds is 8. The minimum atomic E-state index is -4.21. The van der Waals surface area contributed by atoms with Crippen LogP contribution in [0.25, 0.3) is 22.1 Å². The molecule has 4 N–H and O–H groups in total. The van der Waals surface area contributed by atoms with E-state index < -0.39 is 27.9 Å². The monoisotopic (exact) mass is 530 g/mol. The second-order valence-electron chi connectivity index (χ2n) is 8.51. The zero-order chi connectivity index (χ0) is 26.9. The molecule has 0 radical (unpaired) electrons. The van der Waals surface area contributed by atoms with E-state index in [9.17, 15) is 18.0 Å². The number of amides is 1. The fraction of sp³-hybridized carbons (Fsp3) is 0.0741. The summed E-state index contributed by atoms with van der Waals surface area (Å²) in [7, 11) is -4.21. The minimum Gasteiger partial charge on any atom is -0.480 e. The van der Waals surface area contributed by atoms with E-state index in [1.54, 1.807) is 24.3 Å². The van der Waals surface area contributed by atoms with Crippen LogP contribution in [0.5, 0.6) is 0 Å². The predicted octanol–water partition coefficient (Wildman–Crippen LogP) is 3.74. The maximum Gasteiger partial charge on any atom is 0.320 e. The molecule has 3 aromatic carbocycles. The molecule has 5 rings (SSSR count). The lowest BCUT2D eigenvalue weighted by molar-refractivity contribution is -0.138. The van der Waals surface area contributed by atoms with Gasteiger partial charge in [-0.15, -0.1) is 0 Å². The lowest BCUT2D eigenvalue weighted by atomic mass is 10.0. The number of furan rings is 1. The quantitative estimate of drug-likeness (QED) is 0.274. The number of carbonyl (C=O) groups is 2. The third kappa shape index (κ3) is 4.80. The summed E-state index contributed by atoms with van der Waals surface area (Å²) in [5.41, 5.74) is 7.86. The van der Waals surface area contributed by atoms with Gasteiger partial charge in [0, 0.05) is 23.6 Å². The number of carboxylic acids is 1. The minimum absolute atomic E-state index is 0.0676. The average Bonchev–Trinajstić information content (AvgIpc) is 3.56. The lowest BCUT2D eigenvalue weighted by Crippen LogP contribution is -2.33. The number of anilines is 1. The maximum atomic E-state index is 13.5. The van der Waals surface area contributed by atoms with Crippen LogP contribution in [0.1, 0.15) is 16.2 Å². The Balaban J connectivity index is 1.55. The summed E-state index contributed by atoms with van der Waals surface area (Å²) in [6.45, 7) is 0. The molecule has 192 valence electrons. The highest BCUT2D eigenvalue weighted by molar-refractivity contribution is 7.90. The topological polar surface area (TPSA) is 158 Å². The molecule has 0 fully saturated rings. The van der Waals surface area contributed by atoms with Crippen molar-refractivity contribution in [2.45, 2.75) is 17.4 Å². The van der Waals surface area contributed by atoms with Crippen LogP contribution < -0.4 is 11.1 Å². The zero-order valence-electron chi connectivity index (χ0n) is 19.8. The molecule has 1 unspecified atom stereocenters. The first-order valence-electron chi connectivity index (χ1n) is 11.5. The molecule has 10 nitrogen and oxygen atoms in total. The summed E-state index contributed by atoms with van der Waals surface area (Å²) in [5, 5.41) is 12.7. The molecule has 0 bridgehead atoms. The third-order valence-electron chi connectivity index (χ3n) is 5.95. The number of para-hydroxylation sites is 1. The zero-order valence-corrected chi connectivity index (χ0v) is 20.6. The number of benzene rings is 3. The molecule has 0 saturated carbocycles. The number of imidazole rings is 1. The molecule has 5 aromatic rings. The number of nitrogens with two attached hydrogens (primary N) is 1. The Kier molecular flexibility index (Phi) is 6.53. The van der Waals surface area contributed by atoms with Crippen LogP contribution in [-0.2, 0) is 21.2 Å². The number of aromatic nitrogens is 2. The molecule has 0 aliphatic rings. The summed E-state index contributed by atoms with van der Waals surface area (Å²) in [6.07, 6.45) is 2.09. The number of carboxylic acid groups (broad SMARTS) is 1. The van der Waals surface area contributed by atoms with Crippen molar-refractivity contribution < 1.29 is 27.5 Å². The molecule has 0 saturated heterocycles. The van der Waals surface area contributed by atoms with Gasteiger partial charge in [0.25, 0.3) is 15.9 Å². The molecule has 1 atom stereocenters. The van der Waals surface area contributed by atoms with Gasteiger partial charge in [-0.3, -0.25) is 9.59 Å². The second kappa shape index (κ2) is 9.96. The number of carbonyl (C=O) groups excluding carboxylic acids is 1. The average molecular weight is 531 g/mol. The first-order chi connectivity index (χ1) is 18.2. The van der Waals surface area contributed by atoms with E-state index in [0.29, 0.717) is 11.1 Å². The van der Waals surface area contributed by atoms with Crippen LogP contribution >= 0.6 is 0 Å². The molecule has 2 aromatic heterocycles. The van der Waals surface area contributed by atoms with Gasteiger partial charge in [-0.1, -0.05) is 54.6 Å². The summed E-state index contributed by atoms with van der Waals surface area (Å²) >= 11 is 0. The van der Waals surface area contributed by atoms with Gasteiger partial charge in [-0.25, -0.2) is 17.4 Å². The molecule has 0 aliphatic heterocycles. The van der Waals surface area contributed by atoms with E-state index in [1.807, 2.05) is 42.5 Å². The number of hydrogen-bond donors (Lipinski definition) is 3. The van der Waals surface area contributed by atoms with E-state index >= 15 is 0 Å². The van der Waals surface area contributed by atoms with Crippen molar-refractivity contribution in [3.63, 3.8) is 0 Å². The Morgan fingerprint density at radius 3 is 2.50 bits per heavy atom. The SMILES string of the molecule is NC(Cc1cncn1S(=O)(=O)c1ccc(-c2ccccc2)c(NC(=O)c2cc3ccccc3o2)c1)C(=O)O. The third-order valence-corrected chi connectivity index (χ3v) is 7.65. The van der Waals surface area contributed by atoms with Crippen LogP contribution in [0.4, 0.5) is 5.69 Å². The van der Waals surface area contributed by atoms with Gasteiger partial charge in [0.2, 0.25) is 0 Å². The smallest absolute Gasteiger partial charge is 0.320 e. The van der Waals surface area contributed by atoms with E-state index in [2.05, 4.69) is 10.3 Å². The van der Waals surface area contributed by atoms with Gasteiger partial charge in [-0.05, 0) is 29.8 Å². The van der Waals surface area contributed by atoms with Crippen molar-refractivity contribution in [1.82, 2.24) is 8.96 Å². The number of nitrogens with one attached hydrogen (secondary N) is 1. The second-order valence-corrected chi connectivity index (χ2v) is 10.3. The molecular weight excluding hydrogens is 508 g/mol. The summed E-state index contributed by atoms with van der Waals surface area (Å²) in [5.74, 6) is -1.75. The first-order valence-corrected chi connectivity index (χ1v) is 12.9. The fourth-order valence-electron chi connectivity index (χ4n) is 4.03. The standard InChI is InChI=1S/C27H22N4O6S/c28-22(27(33)34)13-19-15-29-16-31(19)38(35,36)20-10-11-21(17-6-2-1-3-7-17)23(14-20)30-26(32)25-12-18-8-4-5-9-24(18)37-25/h1-12,14-16,22H,13,28H2,(H,30,32)(H,33,34). The predicted molar refractivity (Wildman–Crippen MR) is 140 cm³/mol. The van der Waals surface area contributed by atoms with E-state index in [0.717, 1.165) is 21.2 Å². The number of nitrogens with zero attached hydrogens (tertiary/aromatic N) is 2. The normalized spacial score (nSPS) is 12.3. The highest BCUT2D eigenvalue weighted by Gasteiger charge is 2.25. The van der Waals surface area contributed by atoms with Gasteiger partial charge >= 0.3 is 5.97 Å². The van der Waals surface area contributed by atoms with Crippen LogP contribution in [0.15, 0.2) is 101 Å². The molecule has 0 spiro atoms. The summed E-state index contributed by atoms with van der Waals surface area (Å²) in [4.78, 5) is 28.1. The van der Waals surface area contributed by atoms with Crippen LogP contribution in [0.2, 0.25) is 0 Å². The summed E-state index contributed by atoms with van der Waals surface area (Å²) < 4.78 is 33.6. The Morgan fingerprint density at radius 2 is 1.76 bits per heavy atom. The highest BCUT2D eigenvalue weighted by atomic mass is 32.2. The molecule has 2 heterocycles. The van der Waals surface area contributed by atoms with Gasteiger partial charge in [0.05, 0.1) is 16.3 Å². The van der Waals surface area contributed by atoms with E-state index in [-0.39, 0.29) is 28.5 Å². The van der Waals surface area contributed by atoms with Crippen molar-refractivity contribution in [2.24, 2.45) is 5.73 Å². The van der Waals surface area contributed by atoms with Crippen molar-refractivity contribution in [2.75, 3.05) is 5.32 Å². The maximum absolute atomic E-state index is 13.5. The Bertz CT molecular complexity index is 1730. The number of hydrogen-bond acceptors (Lipinski definition) is 7. The largest absolute Gasteiger partial charge is 0.480 e. The number of fused-ring (bicyclic) bond motifs is 1.